The first-order valence-corrected chi connectivity index (χ1v) is 11.0. The largest absolute Gasteiger partial charge is 0.332 e. The fourth-order valence-corrected chi connectivity index (χ4v) is 3.93. The Balaban J connectivity index is 2.25. The van der Waals surface area contributed by atoms with Crippen LogP contribution < -0.4 is 4.72 Å². The van der Waals surface area contributed by atoms with Gasteiger partial charge in [-0.1, -0.05) is 50.2 Å². The van der Waals surface area contributed by atoms with Gasteiger partial charge in [0.15, 0.2) is 0 Å². The Morgan fingerprint density at radius 2 is 1.78 bits per heavy atom. The summed E-state index contributed by atoms with van der Waals surface area (Å²) in [6.45, 7) is 6.40. The van der Waals surface area contributed by atoms with E-state index in [1.165, 1.54) is 0 Å². The highest BCUT2D eigenvalue weighted by Crippen LogP contribution is 2.19. The maximum atomic E-state index is 13.1. The number of amides is 1. The number of carbonyl (C=O) groups is 1. The Labute approximate surface area is 162 Å². The van der Waals surface area contributed by atoms with Crippen LogP contribution in [0.25, 0.3) is 0 Å². The summed E-state index contributed by atoms with van der Waals surface area (Å²) < 4.78 is 26.6. The maximum Gasteiger partial charge on any atom is 0.254 e. The molecule has 5 nitrogen and oxygen atoms in total. The molecule has 0 fully saturated rings. The van der Waals surface area contributed by atoms with Gasteiger partial charge in [-0.3, -0.25) is 9.52 Å². The molecule has 0 spiro atoms. The second-order valence-corrected chi connectivity index (χ2v) is 8.52. The van der Waals surface area contributed by atoms with Crippen molar-refractivity contribution < 1.29 is 13.2 Å². The van der Waals surface area contributed by atoms with Crippen LogP contribution in [0.2, 0.25) is 0 Å². The third-order valence-corrected chi connectivity index (χ3v) is 5.93. The van der Waals surface area contributed by atoms with Gasteiger partial charge < -0.3 is 4.90 Å². The first-order chi connectivity index (χ1) is 12.9. The van der Waals surface area contributed by atoms with E-state index in [4.69, 9.17) is 0 Å². The first-order valence-electron chi connectivity index (χ1n) is 9.31. The summed E-state index contributed by atoms with van der Waals surface area (Å²) in [6.07, 6.45) is 1.37. The monoisotopic (exact) mass is 388 g/mol. The number of benzene rings is 2. The predicted octanol–water partition coefficient (Wildman–Crippen LogP) is 4.28. The standard InChI is InChI=1S/C21H28N2O3S/c1-4-14-27(25,26)22-20-13-9-12-19(15-20)21(24)23(17(3)5-2)16-18-10-7-6-8-11-18/h6-13,15,17,22H,4-5,14,16H2,1-3H3. The van der Waals surface area contributed by atoms with Gasteiger partial charge in [-0.25, -0.2) is 8.42 Å². The molecule has 6 heteroatoms. The summed E-state index contributed by atoms with van der Waals surface area (Å²) >= 11 is 0. The van der Waals surface area contributed by atoms with Crippen molar-refractivity contribution in [1.29, 1.82) is 0 Å². The first kappa shape index (κ1) is 21.0. The Kier molecular flexibility index (Phi) is 7.42. The van der Waals surface area contributed by atoms with Crippen molar-refractivity contribution in [3.8, 4) is 0 Å². The molecule has 1 N–H and O–H groups in total. The SMILES string of the molecule is CCCS(=O)(=O)Nc1cccc(C(=O)N(Cc2ccccc2)C(C)CC)c1. The second-order valence-electron chi connectivity index (χ2n) is 6.68. The highest BCUT2D eigenvalue weighted by molar-refractivity contribution is 7.92. The summed E-state index contributed by atoms with van der Waals surface area (Å²) in [5, 5.41) is 0. The molecule has 0 heterocycles. The van der Waals surface area contributed by atoms with Crippen molar-refractivity contribution in [2.75, 3.05) is 10.5 Å². The maximum absolute atomic E-state index is 13.1. The van der Waals surface area contributed by atoms with E-state index < -0.39 is 10.0 Å². The van der Waals surface area contributed by atoms with Gasteiger partial charge in [0.05, 0.1) is 5.75 Å². The third-order valence-electron chi connectivity index (χ3n) is 4.44. The van der Waals surface area contributed by atoms with Crippen molar-refractivity contribution in [2.24, 2.45) is 0 Å². The van der Waals surface area contributed by atoms with Crippen LogP contribution >= 0.6 is 0 Å². The Hall–Kier alpha value is -2.34. The lowest BCUT2D eigenvalue weighted by atomic mass is 10.1. The molecule has 0 bridgehead atoms. The zero-order chi connectivity index (χ0) is 19.9. The topological polar surface area (TPSA) is 66.5 Å². The number of nitrogens with one attached hydrogen (secondary N) is 1. The van der Waals surface area contributed by atoms with Crippen LogP contribution in [0, 0.1) is 0 Å². The molecule has 1 atom stereocenters. The van der Waals surface area contributed by atoms with Crippen molar-refractivity contribution in [3.63, 3.8) is 0 Å². The van der Waals surface area contributed by atoms with Crippen LogP contribution in [0.4, 0.5) is 5.69 Å². The molecule has 0 aliphatic carbocycles. The minimum absolute atomic E-state index is 0.0537. The molecular weight excluding hydrogens is 360 g/mol. The quantitative estimate of drug-likeness (QED) is 0.697. The molecule has 2 aromatic rings. The number of nitrogens with zero attached hydrogens (tertiary/aromatic N) is 1. The number of carbonyl (C=O) groups excluding carboxylic acids is 1. The van der Waals surface area contributed by atoms with E-state index in [9.17, 15) is 13.2 Å². The van der Waals surface area contributed by atoms with E-state index in [1.54, 1.807) is 24.3 Å². The Bertz CT molecular complexity index is 851. The van der Waals surface area contributed by atoms with Crippen LogP contribution in [0.5, 0.6) is 0 Å². The molecule has 1 amide bonds. The van der Waals surface area contributed by atoms with Gasteiger partial charge in [-0.05, 0) is 43.5 Å². The highest BCUT2D eigenvalue weighted by atomic mass is 32.2. The lowest BCUT2D eigenvalue weighted by Gasteiger charge is -2.29. The fourth-order valence-electron chi connectivity index (χ4n) is 2.81. The van der Waals surface area contributed by atoms with Crippen molar-refractivity contribution >= 4 is 21.6 Å². The van der Waals surface area contributed by atoms with Gasteiger partial charge in [0, 0.05) is 23.8 Å². The zero-order valence-corrected chi connectivity index (χ0v) is 17.0. The summed E-state index contributed by atoms with van der Waals surface area (Å²) in [5.74, 6) is -0.0530. The normalized spacial score (nSPS) is 12.4. The molecule has 2 aromatic carbocycles. The number of hydrogen-bond donors (Lipinski definition) is 1. The molecule has 0 radical (unpaired) electrons. The minimum atomic E-state index is -3.39. The molecular formula is C21H28N2O3S. The van der Waals surface area contributed by atoms with Crippen molar-refractivity contribution in [2.45, 2.75) is 46.2 Å². The summed E-state index contributed by atoms with van der Waals surface area (Å²) in [6, 6.07) is 16.6. The number of rotatable bonds is 9. The molecule has 0 aromatic heterocycles. The van der Waals surface area contributed by atoms with Gasteiger partial charge >= 0.3 is 0 Å². The number of hydrogen-bond acceptors (Lipinski definition) is 3. The average molecular weight is 389 g/mol. The third kappa shape index (κ3) is 6.10. The van der Waals surface area contributed by atoms with E-state index in [2.05, 4.69) is 4.72 Å². The summed E-state index contributed by atoms with van der Waals surface area (Å²) in [7, 11) is -3.39. The Morgan fingerprint density at radius 3 is 2.41 bits per heavy atom. The smallest absolute Gasteiger partial charge is 0.254 e. The summed E-state index contributed by atoms with van der Waals surface area (Å²) in [4.78, 5) is 15.0. The van der Waals surface area contributed by atoms with Crippen LogP contribution in [-0.4, -0.2) is 31.0 Å². The van der Waals surface area contributed by atoms with E-state index >= 15 is 0 Å². The lowest BCUT2D eigenvalue weighted by Crippen LogP contribution is -2.37. The zero-order valence-electron chi connectivity index (χ0n) is 16.2. The van der Waals surface area contributed by atoms with E-state index in [1.807, 2.05) is 56.0 Å². The van der Waals surface area contributed by atoms with Crippen LogP contribution in [0.1, 0.15) is 49.5 Å². The fraction of sp³-hybridized carbons (Fsp3) is 0.381. The van der Waals surface area contributed by atoms with Crippen molar-refractivity contribution in [3.05, 3.63) is 65.7 Å². The van der Waals surface area contributed by atoms with Crippen LogP contribution in [0.3, 0.4) is 0 Å². The number of anilines is 1. The molecule has 2 rings (SSSR count). The molecule has 1 unspecified atom stereocenters. The van der Waals surface area contributed by atoms with Gasteiger partial charge in [0.25, 0.3) is 5.91 Å². The lowest BCUT2D eigenvalue weighted by molar-refractivity contribution is 0.0671. The summed E-state index contributed by atoms with van der Waals surface area (Å²) in [5.41, 5.74) is 1.95. The van der Waals surface area contributed by atoms with Gasteiger partial charge in [0.1, 0.15) is 0 Å². The van der Waals surface area contributed by atoms with E-state index in [0.29, 0.717) is 24.2 Å². The van der Waals surface area contributed by atoms with E-state index in [-0.39, 0.29) is 17.7 Å². The number of sulfonamides is 1. The Morgan fingerprint density at radius 1 is 1.07 bits per heavy atom. The van der Waals surface area contributed by atoms with Crippen LogP contribution in [0.15, 0.2) is 54.6 Å². The molecule has 0 aliphatic rings. The molecule has 0 saturated carbocycles. The predicted molar refractivity (Wildman–Crippen MR) is 110 cm³/mol. The molecule has 0 saturated heterocycles. The second kappa shape index (κ2) is 9.55. The molecule has 27 heavy (non-hydrogen) atoms. The highest BCUT2D eigenvalue weighted by Gasteiger charge is 2.21. The van der Waals surface area contributed by atoms with Crippen molar-refractivity contribution in [1.82, 2.24) is 4.90 Å². The van der Waals surface area contributed by atoms with Gasteiger partial charge in [-0.15, -0.1) is 0 Å². The van der Waals surface area contributed by atoms with E-state index in [0.717, 1.165) is 12.0 Å². The molecule has 146 valence electrons. The van der Waals surface area contributed by atoms with Gasteiger partial charge in [-0.2, -0.15) is 0 Å². The average Bonchev–Trinajstić information content (AvgIpc) is 2.65. The van der Waals surface area contributed by atoms with Crippen LogP contribution in [-0.2, 0) is 16.6 Å². The van der Waals surface area contributed by atoms with Gasteiger partial charge in [0.2, 0.25) is 10.0 Å². The molecule has 0 aliphatic heterocycles. The minimum Gasteiger partial charge on any atom is -0.332 e.